The van der Waals surface area contributed by atoms with Crippen LogP contribution in [0.3, 0.4) is 0 Å². The molecular weight excluding hydrogens is 1600 g/mol. The van der Waals surface area contributed by atoms with Crippen molar-refractivity contribution >= 4 is 137 Å². The Morgan fingerprint density at radius 3 is 1.22 bits per heavy atom. The molecule has 8 aliphatic carbocycles. The lowest BCUT2D eigenvalue weighted by molar-refractivity contribution is -0.919. The van der Waals surface area contributed by atoms with Crippen molar-refractivity contribution in [3.63, 3.8) is 0 Å². The van der Waals surface area contributed by atoms with E-state index in [0.29, 0.717) is 53.9 Å². The molecule has 1 spiro atoms. The van der Waals surface area contributed by atoms with Gasteiger partial charge in [-0.3, -0.25) is 46.9 Å². The Bertz CT molecular complexity index is 4440. The van der Waals surface area contributed by atoms with E-state index in [9.17, 15) is 36.0 Å². The molecule has 1 unspecified atom stereocenters. The van der Waals surface area contributed by atoms with Crippen LogP contribution >= 0.6 is 34.6 Å². The zero-order valence-electron chi connectivity index (χ0n) is 68.6. The molecule has 6 aliphatic heterocycles. The molecule has 644 valence electrons. The maximum Gasteiger partial charge on any atom is 0.264 e. The second-order valence-electron chi connectivity index (χ2n) is 36.0. The minimum atomic E-state index is -3.45. The highest BCUT2D eigenvalue weighted by Crippen LogP contribution is 2.57. The van der Waals surface area contributed by atoms with E-state index in [2.05, 4.69) is 107 Å². The van der Waals surface area contributed by atoms with Gasteiger partial charge in [-0.2, -0.15) is 30.0 Å². The van der Waals surface area contributed by atoms with Crippen LogP contribution in [0.2, 0.25) is 0 Å². The number of nitrogens with zero attached hydrogens (tertiary/aromatic N) is 9. The molecule has 4 amide bonds. The van der Waals surface area contributed by atoms with E-state index >= 15 is 0 Å². The van der Waals surface area contributed by atoms with Crippen molar-refractivity contribution in [2.45, 2.75) is 141 Å². The molecular formula is C86H125N11O14S6. The highest BCUT2D eigenvalue weighted by Gasteiger charge is 2.61. The first kappa shape index (κ1) is 88.1. The Balaban J connectivity index is 0.000000120. The monoisotopic (exact) mass is 1730 g/mol. The van der Waals surface area contributed by atoms with Crippen molar-refractivity contribution < 1.29 is 67.8 Å². The fourth-order valence-corrected chi connectivity index (χ4v) is 26.1. The molecule has 25 nitrogen and oxygen atoms in total. The SMILES string of the molecule is CS(=O)(=O)OC[C@@H]1CCCC[C@H]1COS(C)(=O)=O.CS(=O)[O-].O=C1NC(=O)[C@H]2[C@H]3CC[C@@H](C3)[C@@H]12.O=C1[C@@H]2[C@H]3CC[C@@H](C3)[C@@H]2C(=O)N1C[C@@H]1CCCC[C@H]1CN1CCN(c2nsc3ccccc23)CC1.OC[C@@H]1CCCC[C@H]1CO.c1ccc2c(N3CCNCC3)nsc2c1.c1ccc2c(N3CC[N+]4(CC3)C[C@@H]3CCCC[C@H]3C4)nsc2c1. The van der Waals surface area contributed by atoms with E-state index in [1.54, 1.807) is 39.5 Å². The van der Waals surface area contributed by atoms with Crippen LogP contribution in [0.5, 0.6) is 0 Å². The van der Waals surface area contributed by atoms with Crippen molar-refractivity contribution in [1.29, 1.82) is 0 Å². The molecule has 14 fully saturated rings. The van der Waals surface area contributed by atoms with Gasteiger partial charge in [-0.25, -0.2) is 0 Å². The Labute approximate surface area is 707 Å². The van der Waals surface area contributed by atoms with Crippen LogP contribution in [-0.2, 0) is 58.9 Å². The number of imide groups is 2. The van der Waals surface area contributed by atoms with Crippen LogP contribution in [-0.4, -0.2) is 237 Å². The fraction of sp³-hybridized carbons (Fsp3) is 0.709. The Morgan fingerprint density at radius 1 is 0.470 bits per heavy atom. The number of aromatic nitrogens is 3. The van der Waals surface area contributed by atoms with Crippen LogP contribution in [0.4, 0.5) is 17.5 Å². The number of carbonyl (C=O) groups excluding carboxylic acids is 4. The molecule has 31 heteroatoms. The number of amides is 4. The lowest BCUT2D eigenvalue weighted by Crippen LogP contribution is -2.58. The van der Waals surface area contributed by atoms with Crippen molar-refractivity contribution in [1.82, 2.24) is 33.6 Å². The van der Waals surface area contributed by atoms with Crippen molar-refractivity contribution in [2.24, 2.45) is 94.7 Å². The number of carbonyl (C=O) groups is 4. The van der Waals surface area contributed by atoms with Crippen molar-refractivity contribution in [3.8, 4) is 0 Å². The van der Waals surface area contributed by atoms with Gasteiger partial charge in [0.05, 0.1) is 103 Å². The van der Waals surface area contributed by atoms with E-state index in [0.717, 1.165) is 185 Å². The highest BCUT2D eigenvalue weighted by atomic mass is 32.2. The third kappa shape index (κ3) is 21.9. The van der Waals surface area contributed by atoms with Gasteiger partial charge < -0.3 is 39.3 Å². The molecule has 3 aromatic heterocycles. The Morgan fingerprint density at radius 2 is 0.821 bits per heavy atom. The van der Waals surface area contributed by atoms with Crippen LogP contribution in [0.25, 0.3) is 30.3 Å². The average molecular weight is 1730 g/mol. The van der Waals surface area contributed by atoms with Gasteiger partial charge in [0.2, 0.25) is 23.6 Å². The molecule has 3 aromatic carbocycles. The highest BCUT2D eigenvalue weighted by molar-refractivity contribution is 7.86. The number of aliphatic hydroxyl groups excluding tert-OH is 2. The zero-order valence-corrected chi connectivity index (χ0v) is 73.5. The number of quaternary nitrogens is 1. The molecule has 9 heterocycles. The number of nitrogens with one attached hydrogen (secondary N) is 2. The lowest BCUT2D eigenvalue weighted by Gasteiger charge is -2.42. The summed E-state index contributed by atoms with van der Waals surface area (Å²) in [6.07, 6.45) is 29.2. The van der Waals surface area contributed by atoms with Gasteiger partial charge in [0.15, 0.2) is 5.82 Å². The summed E-state index contributed by atoms with van der Waals surface area (Å²) in [7, 11) is -6.90. The van der Waals surface area contributed by atoms with E-state index in [1.807, 2.05) is 0 Å². The number of anilines is 3. The van der Waals surface area contributed by atoms with Crippen LogP contribution < -0.4 is 25.3 Å². The number of aliphatic hydroxyl groups is 2. The maximum absolute atomic E-state index is 13.3. The second kappa shape index (κ2) is 40.4. The molecule has 17 atom stereocenters. The third-order valence-corrected chi connectivity index (χ3v) is 32.4. The topological polar surface area (TPSA) is 315 Å². The molecule has 8 saturated carbocycles. The smallest absolute Gasteiger partial charge is 0.264 e. The zero-order chi connectivity index (χ0) is 82.0. The predicted octanol–water partition coefficient (Wildman–Crippen LogP) is 11.0. The van der Waals surface area contributed by atoms with E-state index in [1.165, 1.54) is 138 Å². The summed E-state index contributed by atoms with van der Waals surface area (Å²) in [4.78, 5) is 60.9. The first-order chi connectivity index (χ1) is 56.5. The quantitative estimate of drug-likeness (QED) is 0.0321. The number of likely N-dealkylation sites (tertiary alicyclic amines) is 1. The molecule has 4 bridgehead atoms. The molecule has 6 saturated heterocycles. The van der Waals surface area contributed by atoms with Gasteiger partial charge in [-0.05, 0) is 226 Å². The minimum absolute atomic E-state index is 0.00259. The summed E-state index contributed by atoms with van der Waals surface area (Å²) < 4.78 is 90.8. The van der Waals surface area contributed by atoms with E-state index < -0.39 is 31.3 Å². The summed E-state index contributed by atoms with van der Waals surface area (Å²) in [5.41, 5.74) is 0. The summed E-state index contributed by atoms with van der Waals surface area (Å²) in [6, 6.07) is 25.7. The Hall–Kier alpha value is -5.26. The van der Waals surface area contributed by atoms with Gasteiger partial charge >= 0.3 is 0 Å². The molecule has 20 rings (SSSR count). The number of hydrogen-bond acceptors (Lipinski definition) is 25. The van der Waals surface area contributed by atoms with E-state index in [4.69, 9.17) is 36.1 Å². The summed E-state index contributed by atoms with van der Waals surface area (Å²) in [5, 5.41) is 27.5. The Kier molecular flexibility index (Phi) is 30.4. The molecule has 0 radical (unpaired) electrons. The maximum atomic E-state index is 13.3. The van der Waals surface area contributed by atoms with Crippen molar-refractivity contribution in [2.75, 3.05) is 165 Å². The van der Waals surface area contributed by atoms with Gasteiger partial charge in [-0.1, -0.05) is 98.8 Å². The van der Waals surface area contributed by atoms with Gasteiger partial charge in [-0.15, -0.1) is 0 Å². The van der Waals surface area contributed by atoms with E-state index in [-0.39, 0.29) is 85.6 Å². The normalized spacial score (nSPS) is 31.3. The predicted molar refractivity (Wildman–Crippen MR) is 462 cm³/mol. The fourth-order valence-electron chi connectivity index (χ4n) is 22.8. The minimum Gasteiger partial charge on any atom is -0.773 e. The summed E-state index contributed by atoms with van der Waals surface area (Å²) in [6.45, 7) is 18.9. The molecule has 4 N–H and O–H groups in total. The van der Waals surface area contributed by atoms with Gasteiger partial charge in [0.1, 0.15) is 11.6 Å². The molecule has 6 aromatic rings. The van der Waals surface area contributed by atoms with Gasteiger partial charge in [0.25, 0.3) is 20.2 Å². The average Bonchev–Trinajstić information content (AvgIpc) is 1.56. The van der Waals surface area contributed by atoms with Gasteiger partial charge in [0, 0.05) is 107 Å². The first-order valence-electron chi connectivity index (χ1n) is 43.7. The van der Waals surface area contributed by atoms with Crippen LogP contribution in [0.15, 0.2) is 72.8 Å². The number of hydrogen-bond donors (Lipinski definition) is 4. The molecule has 14 aliphatic rings. The number of piperazine rings is 3. The molecule has 117 heavy (non-hydrogen) atoms. The summed E-state index contributed by atoms with van der Waals surface area (Å²) >= 11 is 2.98. The van der Waals surface area contributed by atoms with Crippen LogP contribution in [0.1, 0.15) is 141 Å². The second-order valence-corrected chi connectivity index (χ2v) is 42.6. The standard InChI is InChI=1S/C28H36N4O2S.C19H26N3S.C11H13N3S.C10H20O6S2.C9H11NO2.C8H16O2.CH4O2S/c33-27-24-18-9-10-19(15-18)25(24)28(34)32(27)17-21-6-2-1-5-20(21)16-30-11-13-31(14-12-30)26-22-7-3-4-8-23(22)35-29-26;1-2-6-16-14-22(13-15(16)5-1)11-9-21(10-12-22)19-17-7-3-4-8-18(17)23-20-19;1-2-4-10-9(3-1)11(13-15-10)14-7-5-12-6-8-14;1-17(11,12)15-7-9-5-3-4-6-10(9)8-16-18(2,13)14;11-8-6-4-1-2-5(3-4)7(6)9(12)10-8;9-5-7-3-1-2-4-8(7)6-10;1-4(2)3/h3-4,7-8,18-21,24-25H,1-2,5-6,9-17H2;3-4,7-8,15-16H,1-2,5-6,9-14H2;1-4,12H,5-8H2;9-10H,3-8H2,1-2H3;4-7H,1-3H2,(H,10,11,12);7-10H,1-6H2;1H3,(H,2,3)/q;+1;;;;;/p-1/t18-,19-,20-,21-,24-,25+;15-,16-;;9-,10-;4-,5-,6-,7+;7-,8-;/m00.000./s1. The summed E-state index contributed by atoms with van der Waals surface area (Å²) in [5.74, 6) is 10.0. The third-order valence-electron chi connectivity index (χ3n) is 28.8. The largest absolute Gasteiger partial charge is 0.773 e. The number of benzene rings is 3. The lowest BCUT2D eigenvalue weighted by atomic mass is 9.78. The van der Waals surface area contributed by atoms with Crippen molar-refractivity contribution in [3.05, 3.63) is 72.8 Å². The number of fused-ring (bicyclic) bond motifs is 14. The van der Waals surface area contributed by atoms with Crippen LogP contribution in [0, 0.1) is 94.7 Å². The first-order valence-corrected chi connectivity index (χ1v) is 51.1. The number of rotatable bonds is 15.